The number of benzene rings is 2. The summed E-state index contributed by atoms with van der Waals surface area (Å²) in [5.41, 5.74) is -0.259. The summed E-state index contributed by atoms with van der Waals surface area (Å²) >= 11 is 0. The number of carboxylic acid groups (broad SMARTS) is 1. The lowest BCUT2D eigenvalue weighted by Crippen LogP contribution is -2.36. The Morgan fingerprint density at radius 1 is 1.17 bits per heavy atom. The van der Waals surface area contributed by atoms with Gasteiger partial charge >= 0.3 is 5.97 Å². The molecule has 0 amide bonds. The minimum atomic E-state index is -4.18. The Morgan fingerprint density at radius 3 is 2.33 bits per heavy atom. The van der Waals surface area contributed by atoms with E-state index in [0.29, 0.717) is 4.31 Å². The van der Waals surface area contributed by atoms with Gasteiger partial charge in [0.15, 0.2) is 0 Å². The molecule has 9 heteroatoms. The molecule has 0 unspecified atom stereocenters. The van der Waals surface area contributed by atoms with Gasteiger partial charge in [-0.15, -0.1) is 0 Å². The zero-order chi connectivity index (χ0) is 17.9. The molecule has 0 aliphatic carbocycles. The monoisotopic (exact) mass is 350 g/mol. The first-order chi connectivity index (χ1) is 11.2. The molecule has 0 aliphatic heterocycles. The first kappa shape index (κ1) is 17.4. The molecule has 0 fully saturated rings. The minimum absolute atomic E-state index is 0.0459. The van der Waals surface area contributed by atoms with Crippen molar-refractivity contribution in [1.82, 2.24) is 0 Å². The van der Waals surface area contributed by atoms with Crippen molar-refractivity contribution >= 4 is 27.4 Å². The van der Waals surface area contributed by atoms with E-state index in [4.69, 9.17) is 5.11 Å². The minimum Gasteiger partial charge on any atom is -0.480 e. The lowest BCUT2D eigenvalue weighted by molar-refractivity contribution is -0.385. The van der Waals surface area contributed by atoms with Crippen LogP contribution in [-0.2, 0) is 14.8 Å². The lowest BCUT2D eigenvalue weighted by atomic mass is 10.1. The number of sulfonamides is 1. The molecule has 0 atom stereocenters. The molecule has 24 heavy (non-hydrogen) atoms. The maximum Gasteiger partial charge on any atom is 0.324 e. The van der Waals surface area contributed by atoms with Crippen molar-refractivity contribution in [2.24, 2.45) is 0 Å². The summed E-state index contributed by atoms with van der Waals surface area (Å²) in [5, 5.41) is 20.1. The van der Waals surface area contributed by atoms with Crippen molar-refractivity contribution in [1.29, 1.82) is 0 Å². The zero-order valence-corrected chi connectivity index (χ0v) is 13.4. The van der Waals surface area contributed by atoms with E-state index in [1.165, 1.54) is 49.4 Å². The Morgan fingerprint density at radius 2 is 1.79 bits per heavy atom. The number of anilines is 1. The average molecular weight is 350 g/mol. The van der Waals surface area contributed by atoms with E-state index in [9.17, 15) is 23.3 Å². The fraction of sp³-hybridized carbons (Fsp3) is 0.133. The summed E-state index contributed by atoms with van der Waals surface area (Å²) < 4.78 is 26.2. The second-order valence-corrected chi connectivity index (χ2v) is 6.76. The summed E-state index contributed by atoms with van der Waals surface area (Å²) in [6.45, 7) is 0.530. The van der Waals surface area contributed by atoms with Gasteiger partial charge in [-0.05, 0) is 25.1 Å². The van der Waals surface area contributed by atoms with Crippen molar-refractivity contribution in [2.45, 2.75) is 11.8 Å². The van der Waals surface area contributed by atoms with Crippen molar-refractivity contribution in [3.8, 4) is 0 Å². The molecule has 1 N–H and O–H groups in total. The lowest BCUT2D eigenvalue weighted by Gasteiger charge is -2.24. The second-order valence-electron chi connectivity index (χ2n) is 4.90. The van der Waals surface area contributed by atoms with Gasteiger partial charge < -0.3 is 5.11 Å². The van der Waals surface area contributed by atoms with Crippen LogP contribution in [0.25, 0.3) is 0 Å². The molecule has 0 heterocycles. The first-order valence-electron chi connectivity index (χ1n) is 6.78. The topological polar surface area (TPSA) is 118 Å². The van der Waals surface area contributed by atoms with E-state index >= 15 is 0 Å². The molecule has 0 aromatic heterocycles. The van der Waals surface area contributed by atoms with Gasteiger partial charge in [-0.2, -0.15) is 0 Å². The molecule has 0 saturated heterocycles. The summed E-state index contributed by atoms with van der Waals surface area (Å²) in [4.78, 5) is 21.5. The predicted octanol–water partition coefficient (Wildman–Crippen LogP) is 2.18. The Kier molecular flexibility index (Phi) is 4.84. The molecule has 2 rings (SSSR count). The highest BCUT2D eigenvalue weighted by molar-refractivity contribution is 7.92. The third-order valence-electron chi connectivity index (χ3n) is 3.35. The van der Waals surface area contributed by atoms with Crippen LogP contribution in [0.1, 0.15) is 5.56 Å². The Labute approximate surface area is 138 Å². The average Bonchev–Trinajstić information content (AvgIpc) is 2.53. The van der Waals surface area contributed by atoms with Gasteiger partial charge in [0.1, 0.15) is 6.54 Å². The van der Waals surface area contributed by atoms with Gasteiger partial charge in [-0.25, -0.2) is 8.42 Å². The van der Waals surface area contributed by atoms with Crippen LogP contribution in [0, 0.1) is 17.0 Å². The van der Waals surface area contributed by atoms with Crippen LogP contribution in [0.5, 0.6) is 0 Å². The van der Waals surface area contributed by atoms with Gasteiger partial charge in [0.05, 0.1) is 21.1 Å². The van der Waals surface area contributed by atoms with Crippen LogP contribution in [-0.4, -0.2) is 31.0 Å². The van der Waals surface area contributed by atoms with Crippen LogP contribution in [0.15, 0.2) is 53.4 Å². The number of rotatable bonds is 6. The van der Waals surface area contributed by atoms with E-state index in [0.717, 1.165) is 0 Å². The molecular weight excluding hydrogens is 336 g/mol. The van der Waals surface area contributed by atoms with Crippen LogP contribution < -0.4 is 4.31 Å². The number of carboxylic acids is 1. The van der Waals surface area contributed by atoms with Gasteiger partial charge in [-0.1, -0.05) is 24.3 Å². The van der Waals surface area contributed by atoms with Crippen LogP contribution in [0.2, 0.25) is 0 Å². The molecule has 0 saturated carbocycles. The van der Waals surface area contributed by atoms with Gasteiger partial charge in [0, 0.05) is 6.07 Å². The van der Waals surface area contributed by atoms with Crippen LogP contribution in [0.3, 0.4) is 0 Å². The number of nitrogens with zero attached hydrogens (tertiary/aromatic N) is 2. The maximum atomic E-state index is 12.8. The normalized spacial score (nSPS) is 11.0. The number of hydrogen-bond donors (Lipinski definition) is 1. The molecule has 0 aliphatic rings. The molecule has 2 aromatic carbocycles. The summed E-state index contributed by atoms with van der Waals surface area (Å²) in [5.74, 6) is -1.37. The maximum absolute atomic E-state index is 12.8. The molecule has 2 aromatic rings. The van der Waals surface area contributed by atoms with E-state index in [-0.39, 0.29) is 21.8 Å². The van der Waals surface area contributed by atoms with E-state index in [1.54, 1.807) is 6.07 Å². The number of nitro benzene ring substituents is 1. The fourth-order valence-electron chi connectivity index (χ4n) is 2.22. The second kappa shape index (κ2) is 6.67. The largest absolute Gasteiger partial charge is 0.480 e. The molecule has 126 valence electrons. The van der Waals surface area contributed by atoms with E-state index in [2.05, 4.69) is 0 Å². The third kappa shape index (κ3) is 3.35. The quantitative estimate of drug-likeness (QED) is 0.630. The highest BCUT2D eigenvalue weighted by Crippen LogP contribution is 2.31. The van der Waals surface area contributed by atoms with Crippen LogP contribution >= 0.6 is 0 Å². The van der Waals surface area contributed by atoms with Gasteiger partial charge in [-0.3, -0.25) is 19.2 Å². The molecule has 8 nitrogen and oxygen atoms in total. The number of aliphatic carboxylic acids is 1. The molecule has 0 radical (unpaired) electrons. The SMILES string of the molecule is Cc1c(N(CC(=O)O)S(=O)(=O)c2ccccc2)cccc1[N+](=O)[O-]. The number of carbonyl (C=O) groups is 1. The Hall–Kier alpha value is -2.94. The smallest absolute Gasteiger partial charge is 0.324 e. The zero-order valence-electron chi connectivity index (χ0n) is 12.6. The molecule has 0 spiro atoms. The highest BCUT2D eigenvalue weighted by atomic mass is 32.2. The van der Waals surface area contributed by atoms with Crippen LogP contribution in [0.4, 0.5) is 11.4 Å². The highest BCUT2D eigenvalue weighted by Gasteiger charge is 2.30. The van der Waals surface area contributed by atoms with Gasteiger partial charge in [0.25, 0.3) is 15.7 Å². The fourth-order valence-corrected chi connectivity index (χ4v) is 3.71. The molecule has 0 bridgehead atoms. The first-order valence-corrected chi connectivity index (χ1v) is 8.22. The van der Waals surface area contributed by atoms with Gasteiger partial charge in [0.2, 0.25) is 0 Å². The number of hydrogen-bond acceptors (Lipinski definition) is 5. The summed E-state index contributed by atoms with van der Waals surface area (Å²) in [6, 6.07) is 11.2. The van der Waals surface area contributed by atoms with E-state index in [1.807, 2.05) is 0 Å². The molecular formula is C15H14N2O6S. The third-order valence-corrected chi connectivity index (χ3v) is 5.13. The summed E-state index contributed by atoms with van der Waals surface area (Å²) in [7, 11) is -4.18. The van der Waals surface area contributed by atoms with Crippen molar-refractivity contribution in [3.63, 3.8) is 0 Å². The summed E-state index contributed by atoms with van der Waals surface area (Å²) in [6.07, 6.45) is 0. The standard InChI is InChI=1S/C15H14N2O6S/c1-11-13(8-5-9-14(11)17(20)21)16(10-15(18)19)24(22,23)12-6-3-2-4-7-12/h2-9H,10H2,1H3,(H,18,19). The Balaban J connectivity index is 2.65. The number of nitro groups is 1. The van der Waals surface area contributed by atoms with Crippen molar-refractivity contribution in [3.05, 3.63) is 64.2 Å². The predicted molar refractivity (Wildman–Crippen MR) is 86.4 cm³/mol. The van der Waals surface area contributed by atoms with Crippen molar-refractivity contribution < 1.29 is 23.2 Å². The van der Waals surface area contributed by atoms with E-state index < -0.39 is 27.5 Å². The Bertz CT molecular complexity index is 880. The van der Waals surface area contributed by atoms with Crippen molar-refractivity contribution in [2.75, 3.05) is 10.8 Å².